The standard InChI is InChI=1S/C20H23N5O2/c1-2-14-8-18-19(24-20(14)27)9-17(10-23-18)25-6-5-13(11-25)7-15(21)3-4-16(22)12-26/h3-4,7-10,12H,2,5-6,11,21-22H2,1H3,(H,24,27)/b13-7-,15-3-,16-4-. The molecule has 27 heavy (non-hydrogen) atoms. The summed E-state index contributed by atoms with van der Waals surface area (Å²) in [6.45, 7) is 3.52. The second-order valence-electron chi connectivity index (χ2n) is 6.53. The van der Waals surface area contributed by atoms with Crippen molar-refractivity contribution in [1.29, 1.82) is 0 Å². The van der Waals surface area contributed by atoms with Crippen molar-refractivity contribution in [2.75, 3.05) is 18.0 Å². The van der Waals surface area contributed by atoms with Crippen LogP contribution < -0.4 is 21.9 Å². The molecule has 0 radical (unpaired) electrons. The van der Waals surface area contributed by atoms with E-state index in [0.29, 0.717) is 18.4 Å². The molecule has 0 aromatic carbocycles. The normalized spacial score (nSPS) is 17.1. The van der Waals surface area contributed by atoms with Gasteiger partial charge in [-0.1, -0.05) is 6.92 Å². The highest BCUT2D eigenvalue weighted by Gasteiger charge is 2.18. The summed E-state index contributed by atoms with van der Waals surface area (Å²) < 4.78 is 0. The van der Waals surface area contributed by atoms with Gasteiger partial charge in [-0.2, -0.15) is 0 Å². The van der Waals surface area contributed by atoms with Gasteiger partial charge in [-0.25, -0.2) is 0 Å². The highest BCUT2D eigenvalue weighted by Crippen LogP contribution is 2.25. The van der Waals surface area contributed by atoms with Crippen LogP contribution in [-0.2, 0) is 11.2 Å². The molecule has 140 valence electrons. The highest BCUT2D eigenvalue weighted by molar-refractivity contribution is 5.78. The van der Waals surface area contributed by atoms with Crippen molar-refractivity contribution in [2.45, 2.75) is 19.8 Å². The number of carbonyl (C=O) groups excluding carboxylic acids is 1. The van der Waals surface area contributed by atoms with E-state index < -0.39 is 0 Å². The molecule has 2 aromatic heterocycles. The van der Waals surface area contributed by atoms with Gasteiger partial charge in [-0.15, -0.1) is 0 Å². The van der Waals surface area contributed by atoms with Crippen LogP contribution in [0.25, 0.3) is 11.0 Å². The SMILES string of the molecule is CCc1cc2ncc(N3CC/C(=C/C(N)=C/C=C(\N)C=O)C3)cc2[nH]c1=O. The number of carbonyl (C=O) groups is 1. The Hall–Kier alpha value is -3.35. The van der Waals surface area contributed by atoms with Crippen LogP contribution in [0.1, 0.15) is 18.9 Å². The van der Waals surface area contributed by atoms with Gasteiger partial charge in [0.2, 0.25) is 0 Å². The Morgan fingerprint density at radius 1 is 1.30 bits per heavy atom. The van der Waals surface area contributed by atoms with Crippen molar-refractivity contribution >= 4 is 23.0 Å². The average Bonchev–Trinajstić information content (AvgIpc) is 3.13. The number of pyridine rings is 2. The Kier molecular flexibility index (Phi) is 5.40. The molecule has 1 aliphatic rings. The summed E-state index contributed by atoms with van der Waals surface area (Å²) in [5.74, 6) is 0. The minimum absolute atomic E-state index is 0.0634. The van der Waals surface area contributed by atoms with E-state index in [9.17, 15) is 9.59 Å². The van der Waals surface area contributed by atoms with E-state index in [1.807, 2.05) is 31.3 Å². The minimum atomic E-state index is -0.0634. The van der Waals surface area contributed by atoms with Gasteiger partial charge in [0.1, 0.15) is 0 Å². The largest absolute Gasteiger partial charge is 0.399 e. The first-order valence-electron chi connectivity index (χ1n) is 8.84. The molecule has 1 fully saturated rings. The molecule has 2 aromatic rings. The molecular weight excluding hydrogens is 342 g/mol. The predicted molar refractivity (Wildman–Crippen MR) is 107 cm³/mol. The lowest BCUT2D eigenvalue weighted by atomic mass is 10.2. The lowest BCUT2D eigenvalue weighted by Gasteiger charge is -2.17. The van der Waals surface area contributed by atoms with Gasteiger partial charge in [-0.05, 0) is 48.8 Å². The smallest absolute Gasteiger partial charge is 0.251 e. The first kappa shape index (κ1) is 18.4. The molecule has 0 atom stereocenters. The topological polar surface area (TPSA) is 118 Å². The van der Waals surface area contributed by atoms with Crippen molar-refractivity contribution < 1.29 is 4.79 Å². The van der Waals surface area contributed by atoms with Crippen LogP contribution in [-0.4, -0.2) is 29.3 Å². The monoisotopic (exact) mass is 365 g/mol. The fourth-order valence-electron chi connectivity index (χ4n) is 3.08. The van der Waals surface area contributed by atoms with E-state index in [0.717, 1.165) is 41.8 Å². The zero-order valence-corrected chi connectivity index (χ0v) is 15.2. The molecule has 1 aliphatic heterocycles. The van der Waals surface area contributed by atoms with Crippen LogP contribution in [0.3, 0.4) is 0 Å². The van der Waals surface area contributed by atoms with Gasteiger partial charge in [0.15, 0.2) is 6.29 Å². The van der Waals surface area contributed by atoms with Crippen molar-refractivity contribution in [2.24, 2.45) is 11.5 Å². The Labute approximate surface area is 157 Å². The van der Waals surface area contributed by atoms with Gasteiger partial charge in [0, 0.05) is 24.4 Å². The van der Waals surface area contributed by atoms with E-state index >= 15 is 0 Å². The number of nitrogens with two attached hydrogens (primary N) is 2. The summed E-state index contributed by atoms with van der Waals surface area (Å²) >= 11 is 0. The molecule has 0 aliphatic carbocycles. The average molecular weight is 365 g/mol. The third kappa shape index (κ3) is 4.25. The molecule has 3 rings (SSSR count). The molecular formula is C20H23N5O2. The molecule has 7 heteroatoms. The Morgan fingerprint density at radius 2 is 2.07 bits per heavy atom. The van der Waals surface area contributed by atoms with Crippen LogP contribution in [0.5, 0.6) is 0 Å². The third-order valence-corrected chi connectivity index (χ3v) is 4.57. The lowest BCUT2D eigenvalue weighted by molar-refractivity contribution is -0.104. The summed E-state index contributed by atoms with van der Waals surface area (Å²) in [5.41, 5.74) is 16.4. The van der Waals surface area contributed by atoms with Crippen molar-refractivity contribution in [3.05, 3.63) is 69.4 Å². The lowest BCUT2D eigenvalue weighted by Crippen LogP contribution is -2.19. The molecule has 7 nitrogen and oxygen atoms in total. The van der Waals surface area contributed by atoms with Crippen LogP contribution >= 0.6 is 0 Å². The fraction of sp³-hybridized carbons (Fsp3) is 0.250. The summed E-state index contributed by atoms with van der Waals surface area (Å²) in [7, 11) is 0. The van der Waals surface area contributed by atoms with E-state index in [1.165, 1.54) is 11.6 Å². The van der Waals surface area contributed by atoms with E-state index in [4.69, 9.17) is 11.5 Å². The summed E-state index contributed by atoms with van der Waals surface area (Å²) in [5, 5.41) is 0. The first-order chi connectivity index (χ1) is 13.0. The quantitative estimate of drug-likeness (QED) is 0.420. The van der Waals surface area contributed by atoms with Crippen LogP contribution in [0.4, 0.5) is 5.69 Å². The van der Waals surface area contributed by atoms with Crippen LogP contribution in [0, 0.1) is 0 Å². The maximum absolute atomic E-state index is 12.0. The van der Waals surface area contributed by atoms with Gasteiger partial charge >= 0.3 is 0 Å². The van der Waals surface area contributed by atoms with Gasteiger partial charge < -0.3 is 21.4 Å². The van der Waals surface area contributed by atoms with Crippen LogP contribution in [0.15, 0.2) is 58.3 Å². The molecule has 5 N–H and O–H groups in total. The Balaban J connectivity index is 1.79. The number of fused-ring (bicyclic) bond motifs is 1. The van der Waals surface area contributed by atoms with E-state index in [2.05, 4.69) is 14.9 Å². The number of allylic oxidation sites excluding steroid dienone is 4. The van der Waals surface area contributed by atoms with Crippen LogP contribution in [0.2, 0.25) is 0 Å². The number of nitrogens with one attached hydrogen (secondary N) is 1. The molecule has 0 bridgehead atoms. The number of rotatable bonds is 5. The van der Waals surface area contributed by atoms with Crippen molar-refractivity contribution in [3.8, 4) is 0 Å². The second-order valence-corrected chi connectivity index (χ2v) is 6.53. The van der Waals surface area contributed by atoms with Crippen molar-refractivity contribution in [1.82, 2.24) is 9.97 Å². The third-order valence-electron chi connectivity index (χ3n) is 4.57. The number of aromatic amines is 1. The molecule has 1 saturated heterocycles. The number of nitrogens with zero attached hydrogens (tertiary/aromatic N) is 2. The zero-order valence-electron chi connectivity index (χ0n) is 15.2. The highest BCUT2D eigenvalue weighted by atomic mass is 16.1. The number of aryl methyl sites for hydroxylation is 1. The van der Waals surface area contributed by atoms with E-state index in [1.54, 1.807) is 6.08 Å². The number of hydrogen-bond acceptors (Lipinski definition) is 6. The van der Waals surface area contributed by atoms with E-state index in [-0.39, 0.29) is 11.3 Å². The van der Waals surface area contributed by atoms with Crippen molar-refractivity contribution in [3.63, 3.8) is 0 Å². The van der Waals surface area contributed by atoms with Gasteiger partial charge in [0.25, 0.3) is 5.56 Å². The zero-order chi connectivity index (χ0) is 19.4. The maximum Gasteiger partial charge on any atom is 0.251 e. The second kappa shape index (κ2) is 7.90. The number of aromatic nitrogens is 2. The Bertz CT molecular complexity index is 1020. The number of hydrogen-bond donors (Lipinski definition) is 3. The molecule has 0 spiro atoms. The molecule has 0 unspecified atom stereocenters. The summed E-state index contributed by atoms with van der Waals surface area (Å²) in [6, 6.07) is 3.80. The number of aldehydes is 1. The molecule has 0 amide bonds. The first-order valence-corrected chi connectivity index (χ1v) is 8.84. The molecule has 3 heterocycles. The summed E-state index contributed by atoms with van der Waals surface area (Å²) in [4.78, 5) is 32.1. The van der Waals surface area contributed by atoms with Gasteiger partial charge in [-0.3, -0.25) is 14.6 Å². The fourth-order valence-corrected chi connectivity index (χ4v) is 3.08. The van der Waals surface area contributed by atoms with Gasteiger partial charge in [0.05, 0.1) is 28.6 Å². The maximum atomic E-state index is 12.0. The predicted octanol–water partition coefficient (Wildman–Crippen LogP) is 1.51. The minimum Gasteiger partial charge on any atom is -0.399 e. The summed E-state index contributed by atoms with van der Waals surface area (Å²) in [6.07, 6.45) is 8.97. The number of H-pyrrole nitrogens is 1. The Morgan fingerprint density at radius 3 is 2.81 bits per heavy atom. The molecule has 0 saturated carbocycles. The number of anilines is 1.